The van der Waals surface area contributed by atoms with E-state index in [4.69, 9.17) is 15.0 Å². The highest BCUT2D eigenvalue weighted by atomic mass is 15.2. The number of hydrogen-bond acceptors (Lipinski definition) is 3. The van der Waals surface area contributed by atoms with Crippen LogP contribution in [0.2, 0.25) is 0 Å². The summed E-state index contributed by atoms with van der Waals surface area (Å²) in [5.74, 6) is 1.84. The number of hydrogen-bond donors (Lipinski definition) is 0. The lowest BCUT2D eigenvalue weighted by Crippen LogP contribution is -2.06. The number of aromatic nitrogens is 5. The summed E-state index contributed by atoms with van der Waals surface area (Å²) in [6, 6.07) is 62.2. The predicted octanol–water partition coefficient (Wildman–Crippen LogP) is 12.3. The van der Waals surface area contributed by atoms with Crippen molar-refractivity contribution in [1.29, 1.82) is 0 Å². The molecule has 0 saturated carbocycles. The molecule has 0 aliphatic rings. The molecule has 4 aromatic heterocycles. The van der Waals surface area contributed by atoms with Crippen LogP contribution >= 0.6 is 0 Å². The number of para-hydroxylation sites is 3. The quantitative estimate of drug-likeness (QED) is 0.185. The van der Waals surface area contributed by atoms with Gasteiger partial charge in [-0.05, 0) is 28.6 Å². The predicted molar refractivity (Wildman–Crippen MR) is 223 cm³/mol. The Kier molecular flexibility index (Phi) is 5.99. The molecule has 0 fully saturated rings. The fourth-order valence-electron chi connectivity index (χ4n) is 8.80. The van der Waals surface area contributed by atoms with Crippen molar-refractivity contribution in [1.82, 2.24) is 23.9 Å². The Morgan fingerprint density at radius 3 is 1.54 bits per heavy atom. The van der Waals surface area contributed by atoms with Gasteiger partial charge in [0.2, 0.25) is 5.95 Å². The van der Waals surface area contributed by atoms with Gasteiger partial charge in [-0.25, -0.2) is 4.98 Å². The van der Waals surface area contributed by atoms with E-state index in [1.807, 2.05) is 24.3 Å². The van der Waals surface area contributed by atoms with Gasteiger partial charge in [-0.15, -0.1) is 0 Å². The number of rotatable bonds is 4. The van der Waals surface area contributed by atoms with Crippen LogP contribution in [0.3, 0.4) is 0 Å². The number of fused-ring (bicyclic) bond motifs is 13. The second-order valence-electron chi connectivity index (χ2n) is 14.0. The van der Waals surface area contributed by atoms with Crippen molar-refractivity contribution in [3.63, 3.8) is 0 Å². The zero-order valence-corrected chi connectivity index (χ0v) is 29.0. The summed E-state index contributed by atoms with van der Waals surface area (Å²) < 4.78 is 4.78. The molecule has 0 aliphatic carbocycles. The molecule has 0 saturated heterocycles. The van der Waals surface area contributed by atoms with E-state index in [9.17, 15) is 0 Å². The van der Waals surface area contributed by atoms with Crippen molar-refractivity contribution < 1.29 is 0 Å². The minimum atomic E-state index is 0.584. The summed E-state index contributed by atoms with van der Waals surface area (Å²) in [4.78, 5) is 15.7. The molecule has 12 rings (SSSR count). The van der Waals surface area contributed by atoms with Crippen molar-refractivity contribution in [2.45, 2.75) is 0 Å². The van der Waals surface area contributed by atoms with Crippen molar-refractivity contribution in [3.8, 4) is 39.9 Å². The first-order valence-corrected chi connectivity index (χ1v) is 18.3. The van der Waals surface area contributed by atoms with Gasteiger partial charge in [0.1, 0.15) is 0 Å². The van der Waals surface area contributed by atoms with Crippen molar-refractivity contribution in [2.75, 3.05) is 0 Å². The summed E-state index contributed by atoms with van der Waals surface area (Å²) >= 11 is 0. The summed E-state index contributed by atoms with van der Waals surface area (Å²) in [6.45, 7) is 0. The Balaban J connectivity index is 1.23. The SMILES string of the molecule is c1ccc(-c2ccc(-c3nc(-c4ccccc4)nc(-n4c5ccccc5c5c4c4ccccc4c4c6cccc7c8ccccc8n(c76)c45)n3)cc2)cc1. The van der Waals surface area contributed by atoms with E-state index in [-0.39, 0.29) is 0 Å². The fourth-order valence-corrected chi connectivity index (χ4v) is 8.80. The van der Waals surface area contributed by atoms with Gasteiger partial charge in [0, 0.05) is 48.8 Å². The van der Waals surface area contributed by atoms with Gasteiger partial charge in [-0.1, -0.05) is 164 Å². The van der Waals surface area contributed by atoms with Crippen LogP contribution in [0.1, 0.15) is 0 Å². The second kappa shape index (κ2) is 11.1. The van der Waals surface area contributed by atoms with Gasteiger partial charge in [-0.3, -0.25) is 4.57 Å². The summed E-state index contributed by atoms with van der Waals surface area (Å²) in [5, 5.41) is 9.78. The van der Waals surface area contributed by atoms with E-state index >= 15 is 0 Å². The minimum Gasteiger partial charge on any atom is -0.307 e. The third-order valence-corrected chi connectivity index (χ3v) is 11.1. The molecular weight excluding hydrogens is 659 g/mol. The lowest BCUT2D eigenvalue weighted by molar-refractivity contribution is 0.955. The molecule has 8 aromatic carbocycles. The van der Waals surface area contributed by atoms with Crippen LogP contribution in [0.5, 0.6) is 0 Å². The minimum absolute atomic E-state index is 0.584. The maximum atomic E-state index is 5.33. The Labute approximate surface area is 309 Å². The highest BCUT2D eigenvalue weighted by Gasteiger charge is 2.26. The number of benzene rings is 8. The van der Waals surface area contributed by atoms with Crippen LogP contribution in [0.4, 0.5) is 0 Å². The molecule has 0 amide bonds. The van der Waals surface area contributed by atoms with Crippen LogP contribution in [-0.2, 0) is 0 Å². The normalized spacial score (nSPS) is 12.1. The van der Waals surface area contributed by atoms with E-state index in [0.717, 1.165) is 38.5 Å². The summed E-state index contributed by atoms with van der Waals surface area (Å²) in [5.41, 5.74) is 9.99. The van der Waals surface area contributed by atoms with E-state index in [1.165, 1.54) is 54.4 Å². The van der Waals surface area contributed by atoms with Gasteiger partial charge >= 0.3 is 0 Å². The third-order valence-electron chi connectivity index (χ3n) is 11.1. The molecule has 54 heavy (non-hydrogen) atoms. The molecular formula is C49H29N5. The third kappa shape index (κ3) is 4.01. The van der Waals surface area contributed by atoms with Crippen LogP contribution < -0.4 is 0 Å². The average molecular weight is 688 g/mol. The maximum Gasteiger partial charge on any atom is 0.238 e. The summed E-state index contributed by atoms with van der Waals surface area (Å²) in [6.07, 6.45) is 0. The molecule has 0 radical (unpaired) electrons. The Hall–Kier alpha value is -7.37. The van der Waals surface area contributed by atoms with Crippen molar-refractivity contribution in [3.05, 3.63) is 176 Å². The topological polar surface area (TPSA) is 48.0 Å². The fraction of sp³-hybridized carbons (Fsp3) is 0. The van der Waals surface area contributed by atoms with E-state index in [0.29, 0.717) is 17.6 Å². The second-order valence-corrected chi connectivity index (χ2v) is 14.0. The molecule has 4 heterocycles. The van der Waals surface area contributed by atoms with Gasteiger partial charge in [-0.2, -0.15) is 9.97 Å². The number of nitrogens with zero attached hydrogens (tertiary/aromatic N) is 5. The molecule has 12 aromatic rings. The molecule has 250 valence electrons. The van der Waals surface area contributed by atoms with Crippen molar-refractivity contribution in [2.24, 2.45) is 0 Å². The van der Waals surface area contributed by atoms with Crippen LogP contribution in [0, 0.1) is 0 Å². The standard InChI is InChI=1S/C49H29N5/c1-3-14-30(15-4-1)31-26-28-33(29-27-31)48-50-47(32-16-5-2-6-17-32)51-49(52-48)54-41-25-12-10-21-38(41)43-45(54)37-20-8-7-19-35(37)42-39-23-13-22-36-34-18-9-11-24-40(34)53(44(36)39)46(42)43/h1-29H. The monoisotopic (exact) mass is 687 g/mol. The highest BCUT2D eigenvalue weighted by Crippen LogP contribution is 2.48. The molecule has 0 N–H and O–H groups in total. The summed E-state index contributed by atoms with van der Waals surface area (Å²) in [7, 11) is 0. The maximum absolute atomic E-state index is 5.33. The van der Waals surface area contributed by atoms with E-state index < -0.39 is 0 Å². The van der Waals surface area contributed by atoms with Gasteiger partial charge in [0.25, 0.3) is 0 Å². The lowest BCUT2D eigenvalue weighted by Gasteiger charge is -2.13. The highest BCUT2D eigenvalue weighted by molar-refractivity contribution is 6.39. The molecule has 0 spiro atoms. The molecule has 0 atom stereocenters. The van der Waals surface area contributed by atoms with E-state index in [1.54, 1.807) is 0 Å². The Morgan fingerprint density at radius 1 is 0.296 bits per heavy atom. The Morgan fingerprint density at radius 2 is 0.796 bits per heavy atom. The largest absolute Gasteiger partial charge is 0.307 e. The molecule has 0 unspecified atom stereocenters. The first-order valence-electron chi connectivity index (χ1n) is 18.3. The van der Waals surface area contributed by atoms with Gasteiger partial charge in [0.05, 0.1) is 27.6 Å². The van der Waals surface area contributed by atoms with Crippen LogP contribution in [-0.4, -0.2) is 23.9 Å². The van der Waals surface area contributed by atoms with E-state index in [2.05, 4.69) is 161 Å². The lowest BCUT2D eigenvalue weighted by atomic mass is 9.98. The van der Waals surface area contributed by atoms with Gasteiger partial charge < -0.3 is 4.40 Å². The molecule has 0 bridgehead atoms. The molecule has 5 heteroatoms. The van der Waals surface area contributed by atoms with Gasteiger partial charge in [0.15, 0.2) is 11.6 Å². The first-order chi connectivity index (χ1) is 26.8. The zero-order valence-electron chi connectivity index (χ0n) is 29.0. The van der Waals surface area contributed by atoms with Crippen LogP contribution in [0.25, 0.3) is 111 Å². The smallest absolute Gasteiger partial charge is 0.238 e. The average Bonchev–Trinajstić information content (AvgIpc) is 3.90. The Bertz CT molecular complexity index is 3410. The van der Waals surface area contributed by atoms with Crippen molar-refractivity contribution >= 4 is 70.7 Å². The molecule has 5 nitrogen and oxygen atoms in total. The zero-order chi connectivity index (χ0) is 35.3. The molecule has 0 aliphatic heterocycles. The van der Waals surface area contributed by atoms with Crippen LogP contribution in [0.15, 0.2) is 176 Å². The first kappa shape index (κ1) is 29.2.